The molecular weight excluding hydrogens is 320 g/mol. The molecule has 1 N–H and O–H groups in total. The van der Waals surface area contributed by atoms with E-state index in [0.717, 1.165) is 13.0 Å². The molecule has 7 nitrogen and oxygen atoms in total. The number of hydrogen-bond donors (Lipinski definition) is 1. The Balaban J connectivity index is 1.51. The molecule has 7 heteroatoms. The Kier molecular flexibility index (Phi) is 5.33. The van der Waals surface area contributed by atoms with E-state index < -0.39 is 0 Å². The second-order valence-electron chi connectivity index (χ2n) is 6.70. The highest BCUT2D eigenvalue weighted by atomic mass is 16.5. The van der Waals surface area contributed by atoms with Crippen LogP contribution in [0.15, 0.2) is 34.9 Å². The average Bonchev–Trinajstić information content (AvgIpc) is 3.21. The van der Waals surface area contributed by atoms with Gasteiger partial charge in [0.15, 0.2) is 12.4 Å². The van der Waals surface area contributed by atoms with Crippen molar-refractivity contribution < 1.29 is 14.1 Å². The Bertz CT molecular complexity index is 701. The third-order valence-corrected chi connectivity index (χ3v) is 4.29. The lowest BCUT2D eigenvalue weighted by atomic mass is 10.1. The summed E-state index contributed by atoms with van der Waals surface area (Å²) in [5, 5.41) is 7.04. The van der Waals surface area contributed by atoms with Crippen LogP contribution in [0.5, 0.6) is 5.75 Å². The first kappa shape index (κ1) is 17.4. The maximum Gasteiger partial charge on any atom is 0.258 e. The van der Waals surface area contributed by atoms with Crippen molar-refractivity contribution in [2.75, 3.05) is 20.2 Å². The van der Waals surface area contributed by atoms with Crippen LogP contribution in [-0.2, 0) is 4.79 Å². The molecule has 1 aromatic heterocycles. The highest BCUT2D eigenvalue weighted by Gasteiger charge is 2.35. The smallest absolute Gasteiger partial charge is 0.258 e. The van der Waals surface area contributed by atoms with Crippen LogP contribution in [0.1, 0.15) is 43.9 Å². The Morgan fingerprint density at radius 3 is 2.84 bits per heavy atom. The van der Waals surface area contributed by atoms with Crippen LogP contribution >= 0.6 is 0 Å². The first-order chi connectivity index (χ1) is 12.0. The summed E-state index contributed by atoms with van der Waals surface area (Å²) in [6.07, 6.45) is 0.743. The van der Waals surface area contributed by atoms with Gasteiger partial charge in [0.2, 0.25) is 5.89 Å². The number of ether oxygens (including phenoxy) is 1. The number of amides is 1. The lowest BCUT2D eigenvalue weighted by Gasteiger charge is -2.14. The number of carbonyl (C=O) groups excluding carboxylic acids is 1. The second kappa shape index (κ2) is 7.65. The van der Waals surface area contributed by atoms with Gasteiger partial charge in [-0.2, -0.15) is 4.98 Å². The van der Waals surface area contributed by atoms with Crippen molar-refractivity contribution in [1.29, 1.82) is 0 Å². The topological polar surface area (TPSA) is 80.5 Å². The van der Waals surface area contributed by atoms with Gasteiger partial charge in [0.25, 0.3) is 5.91 Å². The fourth-order valence-corrected chi connectivity index (χ4v) is 2.94. The Morgan fingerprint density at radius 2 is 2.16 bits per heavy atom. The number of benzene rings is 1. The van der Waals surface area contributed by atoms with Gasteiger partial charge in [-0.15, -0.1) is 0 Å². The van der Waals surface area contributed by atoms with Crippen molar-refractivity contribution in [3.63, 3.8) is 0 Å². The van der Waals surface area contributed by atoms with Crippen LogP contribution in [0.25, 0.3) is 0 Å². The molecule has 2 atom stereocenters. The van der Waals surface area contributed by atoms with Crippen LogP contribution in [0, 0.1) is 0 Å². The summed E-state index contributed by atoms with van der Waals surface area (Å²) in [7, 11) is 2.00. The van der Waals surface area contributed by atoms with Crippen LogP contribution < -0.4 is 10.1 Å². The zero-order valence-electron chi connectivity index (χ0n) is 14.8. The molecule has 2 heterocycles. The van der Waals surface area contributed by atoms with E-state index >= 15 is 0 Å². The zero-order valence-corrected chi connectivity index (χ0v) is 14.8. The van der Waals surface area contributed by atoms with E-state index in [1.807, 2.05) is 51.2 Å². The number of likely N-dealkylation sites (N-methyl/N-ethyl adjacent to an activating group) is 1. The highest BCUT2D eigenvalue weighted by Crippen LogP contribution is 2.30. The third kappa shape index (κ3) is 4.36. The van der Waals surface area contributed by atoms with Crippen LogP contribution in [0.3, 0.4) is 0 Å². The van der Waals surface area contributed by atoms with Crippen molar-refractivity contribution in [1.82, 2.24) is 20.4 Å². The number of carbonyl (C=O) groups is 1. The molecule has 0 unspecified atom stereocenters. The maximum atomic E-state index is 12.1. The van der Waals surface area contributed by atoms with Crippen molar-refractivity contribution in [3.05, 3.63) is 42.0 Å². The Labute approximate surface area is 147 Å². The van der Waals surface area contributed by atoms with E-state index in [-0.39, 0.29) is 30.5 Å². The van der Waals surface area contributed by atoms with E-state index in [1.165, 1.54) is 0 Å². The largest absolute Gasteiger partial charge is 0.484 e. The molecule has 25 heavy (non-hydrogen) atoms. The number of aromatic nitrogens is 2. The van der Waals surface area contributed by atoms with Crippen LogP contribution in [0.2, 0.25) is 0 Å². The minimum absolute atomic E-state index is 0.00689. The molecule has 0 saturated carbocycles. The fourth-order valence-electron chi connectivity index (χ4n) is 2.94. The second-order valence-corrected chi connectivity index (χ2v) is 6.70. The zero-order chi connectivity index (χ0) is 17.8. The van der Waals surface area contributed by atoms with Crippen molar-refractivity contribution in [3.8, 4) is 5.75 Å². The van der Waals surface area contributed by atoms with Crippen molar-refractivity contribution in [2.24, 2.45) is 0 Å². The summed E-state index contributed by atoms with van der Waals surface area (Å²) in [6, 6.07) is 9.38. The van der Waals surface area contributed by atoms with Gasteiger partial charge in [-0.05, 0) is 25.6 Å². The lowest BCUT2D eigenvalue weighted by molar-refractivity contribution is -0.123. The predicted molar refractivity (Wildman–Crippen MR) is 92.2 cm³/mol. The molecule has 1 aromatic carbocycles. The normalized spacial score (nSPS) is 20.8. The van der Waals surface area contributed by atoms with Gasteiger partial charge in [0.05, 0.1) is 6.04 Å². The molecule has 3 rings (SSSR count). The molecule has 1 fully saturated rings. The van der Waals surface area contributed by atoms with Gasteiger partial charge in [0, 0.05) is 18.5 Å². The molecule has 2 aromatic rings. The lowest BCUT2D eigenvalue weighted by Crippen LogP contribution is -2.39. The standard InChI is InChI=1S/C18H24N4O3/c1-12(2)17-20-18(25-21-17)15-9-13(10-22(15)3)19-16(23)11-24-14-7-5-4-6-8-14/h4-8,12-13,15H,9-11H2,1-3H3,(H,19,23)/t13-,15+/m0/s1. The Morgan fingerprint density at radius 1 is 1.40 bits per heavy atom. The first-order valence-electron chi connectivity index (χ1n) is 8.54. The minimum Gasteiger partial charge on any atom is -0.484 e. The molecule has 0 aliphatic carbocycles. The minimum atomic E-state index is -0.128. The monoisotopic (exact) mass is 344 g/mol. The van der Waals surface area contributed by atoms with E-state index in [0.29, 0.717) is 17.5 Å². The van der Waals surface area contributed by atoms with E-state index in [2.05, 4.69) is 20.4 Å². The number of nitrogens with zero attached hydrogens (tertiary/aromatic N) is 3. The summed E-state index contributed by atoms with van der Waals surface area (Å²) in [5.41, 5.74) is 0. The van der Waals surface area contributed by atoms with E-state index in [4.69, 9.17) is 9.26 Å². The molecule has 0 radical (unpaired) electrons. The van der Waals surface area contributed by atoms with E-state index in [1.54, 1.807) is 0 Å². The number of likely N-dealkylation sites (tertiary alicyclic amines) is 1. The number of hydrogen-bond acceptors (Lipinski definition) is 6. The molecular formula is C18H24N4O3. The quantitative estimate of drug-likeness (QED) is 0.865. The summed E-state index contributed by atoms with van der Waals surface area (Å²) in [5.74, 6) is 2.12. The van der Waals surface area contributed by atoms with Gasteiger partial charge in [-0.3, -0.25) is 9.69 Å². The molecule has 134 valence electrons. The maximum absolute atomic E-state index is 12.1. The summed E-state index contributed by atoms with van der Waals surface area (Å²) in [4.78, 5) is 18.7. The van der Waals surface area contributed by atoms with Crippen LogP contribution in [-0.4, -0.2) is 47.2 Å². The highest BCUT2D eigenvalue weighted by molar-refractivity contribution is 5.77. The summed E-state index contributed by atoms with van der Waals surface area (Å²) >= 11 is 0. The predicted octanol–water partition coefficient (Wildman–Crippen LogP) is 2.13. The molecule has 1 saturated heterocycles. The number of rotatable bonds is 6. The van der Waals surface area contributed by atoms with Gasteiger partial charge < -0.3 is 14.6 Å². The number of para-hydroxylation sites is 1. The van der Waals surface area contributed by atoms with Gasteiger partial charge in [0.1, 0.15) is 5.75 Å². The molecule has 1 amide bonds. The molecule has 0 spiro atoms. The third-order valence-electron chi connectivity index (χ3n) is 4.29. The number of nitrogens with one attached hydrogen (secondary N) is 1. The first-order valence-corrected chi connectivity index (χ1v) is 8.54. The van der Waals surface area contributed by atoms with Crippen LogP contribution in [0.4, 0.5) is 0 Å². The van der Waals surface area contributed by atoms with Crippen molar-refractivity contribution >= 4 is 5.91 Å². The molecule has 1 aliphatic rings. The van der Waals surface area contributed by atoms with Gasteiger partial charge in [-0.25, -0.2) is 0 Å². The van der Waals surface area contributed by atoms with Crippen molar-refractivity contribution in [2.45, 2.75) is 38.3 Å². The van der Waals surface area contributed by atoms with Gasteiger partial charge >= 0.3 is 0 Å². The summed E-state index contributed by atoms with van der Waals surface area (Å²) < 4.78 is 10.9. The molecule has 1 aliphatic heterocycles. The van der Waals surface area contributed by atoms with Gasteiger partial charge in [-0.1, -0.05) is 37.2 Å². The molecule has 0 bridgehead atoms. The SMILES string of the molecule is CC(C)c1noc([C@H]2C[C@H](NC(=O)COc3ccccc3)CN2C)n1. The fraction of sp³-hybridized carbons (Fsp3) is 0.500. The summed E-state index contributed by atoms with van der Waals surface area (Å²) in [6.45, 7) is 4.81. The average molecular weight is 344 g/mol. The Hall–Kier alpha value is -2.41. The van der Waals surface area contributed by atoms with E-state index in [9.17, 15) is 4.79 Å².